The fourth-order valence-corrected chi connectivity index (χ4v) is 7.82. The third-order valence-electron chi connectivity index (χ3n) is 9.54. The Morgan fingerprint density at radius 1 is 1.06 bits per heavy atom. The van der Waals surface area contributed by atoms with Gasteiger partial charge < -0.3 is 15.1 Å². The van der Waals surface area contributed by atoms with Crippen molar-refractivity contribution in [3.8, 4) is 11.8 Å². The van der Waals surface area contributed by atoms with Crippen LogP contribution in [0, 0.1) is 29.1 Å². The van der Waals surface area contributed by atoms with Gasteiger partial charge in [0.25, 0.3) is 0 Å². The number of nitrogens with zero attached hydrogens (tertiary/aromatic N) is 1. The maximum atomic E-state index is 12.3. The molecule has 2 N–H and O–H groups in total. The predicted octanol–water partition coefficient (Wildman–Crippen LogP) is 4.60. The fourth-order valence-electron chi connectivity index (χ4n) is 7.82. The van der Waals surface area contributed by atoms with E-state index in [0.717, 1.165) is 30.5 Å². The molecule has 5 rings (SSSR count). The Balaban J connectivity index is 1.67. The van der Waals surface area contributed by atoms with Gasteiger partial charge in [-0.2, -0.15) is 0 Å². The summed E-state index contributed by atoms with van der Waals surface area (Å²) in [5.74, 6) is 7.22. The van der Waals surface area contributed by atoms with E-state index in [0.29, 0.717) is 37.5 Å². The Morgan fingerprint density at radius 2 is 1.79 bits per heavy atom. The molecule has 0 amide bonds. The highest BCUT2D eigenvalue weighted by atomic mass is 16.3. The number of Topliss-reactive ketones (excluding diaryl/α,β-unsaturated/α-hetero) is 1. The molecule has 0 spiro atoms. The van der Waals surface area contributed by atoms with Gasteiger partial charge in [-0.05, 0) is 80.6 Å². The zero-order chi connectivity index (χ0) is 23.6. The largest absolute Gasteiger partial charge is 0.385 e. The Kier molecular flexibility index (Phi) is 5.31. The van der Waals surface area contributed by atoms with Gasteiger partial charge in [-0.1, -0.05) is 30.6 Å². The van der Waals surface area contributed by atoms with Crippen LogP contribution in [0.1, 0.15) is 76.7 Å². The van der Waals surface area contributed by atoms with Crippen LogP contribution in [0.3, 0.4) is 0 Å². The molecule has 0 radical (unpaired) electrons. The number of anilines is 1. The van der Waals surface area contributed by atoms with Crippen molar-refractivity contribution < 1.29 is 15.0 Å². The lowest BCUT2D eigenvalue weighted by Crippen LogP contribution is -2.53. The molecule has 4 aliphatic carbocycles. The first kappa shape index (κ1) is 22.7. The minimum atomic E-state index is -0.977. The first-order valence-electron chi connectivity index (χ1n) is 12.5. The molecule has 0 saturated heterocycles. The molecule has 176 valence electrons. The summed E-state index contributed by atoms with van der Waals surface area (Å²) < 4.78 is 0. The smallest absolute Gasteiger partial charge is 0.136 e. The molecule has 3 fully saturated rings. The van der Waals surface area contributed by atoms with E-state index in [9.17, 15) is 15.0 Å². The number of hydrogen-bond donors (Lipinski definition) is 2. The molecular weight excluding hydrogens is 410 g/mol. The normalized spacial score (nSPS) is 39.8. The van der Waals surface area contributed by atoms with Crippen LogP contribution < -0.4 is 4.90 Å². The average Bonchev–Trinajstić information content (AvgIpc) is 3.03. The van der Waals surface area contributed by atoms with E-state index < -0.39 is 11.2 Å². The molecule has 6 atom stereocenters. The van der Waals surface area contributed by atoms with Gasteiger partial charge in [0.1, 0.15) is 11.4 Å². The first-order chi connectivity index (χ1) is 15.6. The summed E-state index contributed by atoms with van der Waals surface area (Å²) in [5.41, 5.74) is 2.67. The molecule has 4 heteroatoms. The van der Waals surface area contributed by atoms with Crippen molar-refractivity contribution in [2.45, 2.75) is 82.3 Å². The number of ketones is 1. The number of hydrogen-bond acceptors (Lipinski definition) is 4. The van der Waals surface area contributed by atoms with Crippen LogP contribution in [0.4, 0.5) is 5.69 Å². The highest BCUT2D eigenvalue weighted by Gasteiger charge is 2.63. The first-order valence-corrected chi connectivity index (χ1v) is 12.5. The van der Waals surface area contributed by atoms with Crippen LogP contribution >= 0.6 is 0 Å². The molecule has 33 heavy (non-hydrogen) atoms. The van der Waals surface area contributed by atoms with Crippen molar-refractivity contribution in [3.05, 3.63) is 41.0 Å². The molecule has 0 unspecified atom stereocenters. The number of rotatable bonds is 2. The molecule has 0 bridgehead atoms. The van der Waals surface area contributed by atoms with Crippen molar-refractivity contribution >= 4 is 11.5 Å². The second-order valence-corrected chi connectivity index (χ2v) is 11.4. The van der Waals surface area contributed by atoms with Gasteiger partial charge in [0.05, 0.1) is 5.60 Å². The summed E-state index contributed by atoms with van der Waals surface area (Å²) in [6.07, 6.45) is 5.50. The zero-order valence-corrected chi connectivity index (χ0v) is 20.4. The summed E-state index contributed by atoms with van der Waals surface area (Å²) in [6.45, 7) is 4.07. The van der Waals surface area contributed by atoms with Gasteiger partial charge in [-0.3, -0.25) is 4.79 Å². The van der Waals surface area contributed by atoms with E-state index in [1.165, 1.54) is 11.1 Å². The molecule has 1 aromatic rings. The summed E-state index contributed by atoms with van der Waals surface area (Å²) in [4.78, 5) is 14.4. The summed E-state index contributed by atoms with van der Waals surface area (Å²) in [7, 11) is 4.09. The number of carbonyl (C=O) groups is 1. The summed E-state index contributed by atoms with van der Waals surface area (Å²) in [6, 6.07) is 8.76. The maximum Gasteiger partial charge on any atom is 0.136 e. The molecular formula is C29H37NO3. The molecule has 4 aliphatic rings. The van der Waals surface area contributed by atoms with Gasteiger partial charge in [-0.15, -0.1) is 5.92 Å². The van der Waals surface area contributed by atoms with Crippen molar-refractivity contribution in [2.24, 2.45) is 17.3 Å². The highest BCUT2D eigenvalue weighted by molar-refractivity contribution is 5.82. The number of allylic oxidation sites excluding steroid dienone is 1. The number of aliphatic hydroxyl groups is 2. The van der Waals surface area contributed by atoms with Gasteiger partial charge in [0.15, 0.2) is 0 Å². The lowest BCUT2D eigenvalue weighted by Gasteiger charge is -2.55. The highest BCUT2D eigenvalue weighted by Crippen LogP contribution is 2.67. The van der Waals surface area contributed by atoms with E-state index in [1.807, 2.05) is 21.0 Å². The van der Waals surface area contributed by atoms with E-state index >= 15 is 0 Å². The van der Waals surface area contributed by atoms with Crippen LogP contribution in [0.2, 0.25) is 0 Å². The SMILES string of the molecule is CC#C[C@]1(O)CC[C@H]2[C@@H]3CC[C@@]4(O)CC(=O)CCC4=C3[C@@H](c3ccc(N(C)C)cc3)C[C@@]21C. The Labute approximate surface area is 198 Å². The Bertz CT molecular complexity index is 1060. The number of fused-ring (bicyclic) bond motifs is 4. The van der Waals surface area contributed by atoms with Crippen molar-refractivity contribution in [3.63, 3.8) is 0 Å². The average molecular weight is 448 g/mol. The van der Waals surface area contributed by atoms with Gasteiger partial charge in [-0.25, -0.2) is 0 Å². The molecule has 0 aromatic heterocycles. The van der Waals surface area contributed by atoms with E-state index in [-0.39, 0.29) is 23.5 Å². The summed E-state index contributed by atoms with van der Waals surface area (Å²) >= 11 is 0. The summed E-state index contributed by atoms with van der Waals surface area (Å²) in [5, 5.41) is 23.4. The minimum Gasteiger partial charge on any atom is -0.385 e. The van der Waals surface area contributed by atoms with Gasteiger partial charge in [0, 0.05) is 44.0 Å². The van der Waals surface area contributed by atoms with E-state index in [4.69, 9.17) is 0 Å². The fraction of sp³-hybridized carbons (Fsp3) is 0.621. The second kappa shape index (κ2) is 7.72. The number of benzene rings is 1. The monoisotopic (exact) mass is 447 g/mol. The van der Waals surface area contributed by atoms with Crippen LogP contribution in [-0.2, 0) is 4.79 Å². The topological polar surface area (TPSA) is 60.8 Å². The lowest BCUT2D eigenvalue weighted by molar-refractivity contribution is -0.126. The second-order valence-electron chi connectivity index (χ2n) is 11.4. The molecule has 0 aliphatic heterocycles. The molecule has 3 saturated carbocycles. The zero-order valence-electron chi connectivity index (χ0n) is 20.4. The molecule has 1 aromatic carbocycles. The van der Waals surface area contributed by atoms with Crippen molar-refractivity contribution in [1.82, 2.24) is 0 Å². The van der Waals surface area contributed by atoms with Crippen LogP contribution in [0.25, 0.3) is 0 Å². The minimum absolute atomic E-state index is 0.130. The predicted molar refractivity (Wildman–Crippen MR) is 131 cm³/mol. The van der Waals surface area contributed by atoms with Crippen LogP contribution in [-0.4, -0.2) is 41.3 Å². The maximum absolute atomic E-state index is 12.3. The lowest BCUT2D eigenvalue weighted by atomic mass is 9.50. The quantitative estimate of drug-likeness (QED) is 0.514. The number of carbonyl (C=O) groups excluding carboxylic acids is 1. The van der Waals surface area contributed by atoms with Crippen molar-refractivity contribution in [2.75, 3.05) is 19.0 Å². The molecule has 4 nitrogen and oxygen atoms in total. The van der Waals surface area contributed by atoms with Crippen LogP contribution in [0.15, 0.2) is 35.4 Å². The Morgan fingerprint density at radius 3 is 2.45 bits per heavy atom. The van der Waals surface area contributed by atoms with Crippen molar-refractivity contribution in [1.29, 1.82) is 0 Å². The Hall–Kier alpha value is -2.09. The van der Waals surface area contributed by atoms with Crippen LogP contribution in [0.5, 0.6) is 0 Å². The standard InChI is InChI=1S/C29H37NO3/c1-5-14-29(33)16-13-24-22-12-15-28(32)17-21(31)10-11-25(28)26(22)23(18-27(24,29)2)19-6-8-20(9-7-19)30(3)4/h6-9,22-24,32-33H,10-13,15-18H2,1-4H3/t22-,23+,24-,27-,28+,29-/m0/s1. The van der Waals surface area contributed by atoms with Gasteiger partial charge in [0.2, 0.25) is 0 Å². The van der Waals surface area contributed by atoms with E-state index in [2.05, 4.69) is 47.9 Å². The van der Waals surface area contributed by atoms with E-state index in [1.54, 1.807) is 0 Å². The molecule has 0 heterocycles. The third kappa shape index (κ3) is 3.31. The third-order valence-corrected chi connectivity index (χ3v) is 9.54. The van der Waals surface area contributed by atoms with Gasteiger partial charge >= 0.3 is 0 Å².